The van der Waals surface area contributed by atoms with Gasteiger partial charge in [-0.05, 0) is 25.2 Å². The van der Waals surface area contributed by atoms with Gasteiger partial charge in [0.15, 0.2) is 0 Å². The topological polar surface area (TPSA) is 35.2 Å². The minimum Gasteiger partial charge on any atom is -0.369 e. The van der Waals surface area contributed by atoms with Gasteiger partial charge in [-0.3, -0.25) is 0 Å². The third-order valence-corrected chi connectivity index (χ3v) is 3.27. The SMILES string of the molecule is CN1CCN(c2ccc3nc[nH]c3c2)CC1.Cl. The summed E-state index contributed by atoms with van der Waals surface area (Å²) < 4.78 is 0. The van der Waals surface area contributed by atoms with Gasteiger partial charge < -0.3 is 14.8 Å². The van der Waals surface area contributed by atoms with Crippen molar-refractivity contribution in [3.05, 3.63) is 24.5 Å². The Kier molecular flexibility index (Phi) is 3.54. The van der Waals surface area contributed by atoms with Gasteiger partial charge in [-0.15, -0.1) is 12.4 Å². The summed E-state index contributed by atoms with van der Waals surface area (Å²) in [5.74, 6) is 0. The number of likely N-dealkylation sites (N-methyl/N-ethyl adjacent to an activating group) is 1. The summed E-state index contributed by atoms with van der Waals surface area (Å²) in [4.78, 5) is 12.2. The predicted octanol–water partition coefficient (Wildman–Crippen LogP) is 1.74. The normalized spacial score (nSPS) is 17.1. The molecule has 1 N–H and O–H groups in total. The Labute approximate surface area is 107 Å². The Morgan fingerprint density at radius 1 is 1.18 bits per heavy atom. The van der Waals surface area contributed by atoms with Crippen LogP contribution < -0.4 is 4.90 Å². The highest BCUT2D eigenvalue weighted by molar-refractivity contribution is 5.85. The smallest absolute Gasteiger partial charge is 0.0931 e. The van der Waals surface area contributed by atoms with E-state index in [4.69, 9.17) is 0 Å². The maximum atomic E-state index is 4.23. The summed E-state index contributed by atoms with van der Waals surface area (Å²) in [6.45, 7) is 4.49. The fraction of sp³-hybridized carbons (Fsp3) is 0.417. The van der Waals surface area contributed by atoms with E-state index in [0.717, 1.165) is 37.2 Å². The van der Waals surface area contributed by atoms with Crippen LogP contribution in [0.3, 0.4) is 0 Å². The maximum absolute atomic E-state index is 4.23. The number of anilines is 1. The molecule has 4 nitrogen and oxygen atoms in total. The van der Waals surface area contributed by atoms with Crippen molar-refractivity contribution in [3.8, 4) is 0 Å². The number of piperazine rings is 1. The fourth-order valence-corrected chi connectivity index (χ4v) is 2.18. The predicted molar refractivity (Wildman–Crippen MR) is 73.1 cm³/mol. The van der Waals surface area contributed by atoms with Crippen molar-refractivity contribution in [2.24, 2.45) is 0 Å². The summed E-state index contributed by atoms with van der Waals surface area (Å²) >= 11 is 0. The second-order valence-corrected chi connectivity index (χ2v) is 4.39. The standard InChI is InChI=1S/C12H16N4.ClH/c1-15-4-6-16(7-5-15)10-2-3-11-12(8-10)14-9-13-11;/h2-3,8-9H,4-7H2,1H3,(H,13,14);1H. The highest BCUT2D eigenvalue weighted by atomic mass is 35.5. The Hall–Kier alpha value is -1.26. The average molecular weight is 253 g/mol. The zero-order chi connectivity index (χ0) is 11.0. The number of imidazole rings is 1. The van der Waals surface area contributed by atoms with Crippen molar-refractivity contribution in [1.29, 1.82) is 0 Å². The molecule has 2 heterocycles. The van der Waals surface area contributed by atoms with Crippen LogP contribution in [0.25, 0.3) is 11.0 Å². The molecule has 0 bridgehead atoms. The largest absolute Gasteiger partial charge is 0.369 e. The molecule has 1 saturated heterocycles. The minimum atomic E-state index is 0. The summed E-state index contributed by atoms with van der Waals surface area (Å²) in [6.07, 6.45) is 1.75. The molecule has 0 amide bonds. The van der Waals surface area contributed by atoms with E-state index in [1.165, 1.54) is 5.69 Å². The number of aromatic amines is 1. The van der Waals surface area contributed by atoms with Gasteiger partial charge >= 0.3 is 0 Å². The first-order chi connectivity index (χ1) is 7.83. The number of halogens is 1. The number of hydrogen-bond donors (Lipinski definition) is 1. The molecule has 1 fully saturated rings. The van der Waals surface area contributed by atoms with Gasteiger partial charge in [-0.2, -0.15) is 0 Å². The molecule has 0 aliphatic carbocycles. The molecule has 0 spiro atoms. The number of nitrogens with zero attached hydrogens (tertiary/aromatic N) is 3. The summed E-state index contributed by atoms with van der Waals surface area (Å²) in [6, 6.07) is 6.43. The zero-order valence-corrected chi connectivity index (χ0v) is 10.7. The highest BCUT2D eigenvalue weighted by Gasteiger charge is 2.14. The number of H-pyrrole nitrogens is 1. The Morgan fingerprint density at radius 2 is 1.94 bits per heavy atom. The molecule has 1 aromatic carbocycles. The van der Waals surface area contributed by atoms with E-state index in [-0.39, 0.29) is 12.4 Å². The molecular formula is C12H17ClN4. The van der Waals surface area contributed by atoms with Gasteiger partial charge in [-0.1, -0.05) is 0 Å². The molecule has 1 aliphatic rings. The molecule has 0 saturated carbocycles. The molecule has 2 aromatic rings. The number of nitrogens with one attached hydrogen (secondary N) is 1. The Morgan fingerprint density at radius 3 is 2.71 bits per heavy atom. The van der Waals surface area contributed by atoms with Crippen LogP contribution in [0.15, 0.2) is 24.5 Å². The molecular weight excluding hydrogens is 236 g/mol. The van der Waals surface area contributed by atoms with Crippen molar-refractivity contribution < 1.29 is 0 Å². The van der Waals surface area contributed by atoms with E-state index in [1.54, 1.807) is 6.33 Å². The molecule has 5 heteroatoms. The van der Waals surface area contributed by atoms with Crippen molar-refractivity contribution in [3.63, 3.8) is 0 Å². The van der Waals surface area contributed by atoms with E-state index in [9.17, 15) is 0 Å². The third-order valence-electron chi connectivity index (χ3n) is 3.27. The van der Waals surface area contributed by atoms with Crippen molar-refractivity contribution >= 4 is 29.1 Å². The van der Waals surface area contributed by atoms with Gasteiger partial charge in [0.2, 0.25) is 0 Å². The van der Waals surface area contributed by atoms with Gasteiger partial charge in [0.25, 0.3) is 0 Å². The van der Waals surface area contributed by atoms with Gasteiger partial charge in [-0.25, -0.2) is 4.98 Å². The lowest BCUT2D eigenvalue weighted by Crippen LogP contribution is -2.44. The van der Waals surface area contributed by atoms with Crippen LogP contribution >= 0.6 is 12.4 Å². The van der Waals surface area contributed by atoms with Crippen LogP contribution in [-0.2, 0) is 0 Å². The fourth-order valence-electron chi connectivity index (χ4n) is 2.18. The van der Waals surface area contributed by atoms with Gasteiger partial charge in [0.05, 0.1) is 17.4 Å². The summed E-state index contributed by atoms with van der Waals surface area (Å²) in [7, 11) is 2.18. The third kappa shape index (κ3) is 2.37. The Balaban J connectivity index is 0.00000108. The van der Waals surface area contributed by atoms with Crippen molar-refractivity contribution in [2.45, 2.75) is 0 Å². The first-order valence-corrected chi connectivity index (χ1v) is 5.69. The molecule has 1 aliphatic heterocycles. The van der Waals surface area contributed by atoms with Crippen molar-refractivity contribution in [1.82, 2.24) is 14.9 Å². The summed E-state index contributed by atoms with van der Waals surface area (Å²) in [5, 5.41) is 0. The van der Waals surface area contributed by atoms with Gasteiger partial charge in [0.1, 0.15) is 0 Å². The van der Waals surface area contributed by atoms with Crippen LogP contribution in [0.1, 0.15) is 0 Å². The van der Waals surface area contributed by atoms with Crippen LogP contribution in [0.2, 0.25) is 0 Å². The number of fused-ring (bicyclic) bond motifs is 1. The molecule has 0 atom stereocenters. The first kappa shape index (κ1) is 12.2. The average Bonchev–Trinajstić information content (AvgIpc) is 2.77. The molecule has 1 aromatic heterocycles. The summed E-state index contributed by atoms with van der Waals surface area (Å²) in [5.41, 5.74) is 3.46. The number of benzene rings is 1. The molecule has 0 unspecified atom stereocenters. The van der Waals surface area contributed by atoms with E-state index < -0.39 is 0 Å². The Bertz CT molecular complexity index is 488. The molecule has 3 rings (SSSR count). The zero-order valence-electron chi connectivity index (χ0n) is 9.89. The second-order valence-electron chi connectivity index (χ2n) is 4.39. The molecule has 0 radical (unpaired) electrons. The van der Waals surface area contributed by atoms with Crippen molar-refractivity contribution in [2.75, 3.05) is 38.1 Å². The quantitative estimate of drug-likeness (QED) is 0.840. The van der Waals surface area contributed by atoms with Crippen LogP contribution in [-0.4, -0.2) is 48.1 Å². The maximum Gasteiger partial charge on any atom is 0.0931 e. The van der Waals surface area contributed by atoms with Crippen LogP contribution in [0.4, 0.5) is 5.69 Å². The number of aromatic nitrogens is 2. The first-order valence-electron chi connectivity index (χ1n) is 5.69. The van der Waals surface area contributed by atoms with E-state index in [1.807, 2.05) is 0 Å². The lowest BCUT2D eigenvalue weighted by atomic mass is 10.2. The van der Waals surface area contributed by atoms with E-state index >= 15 is 0 Å². The van der Waals surface area contributed by atoms with E-state index in [2.05, 4.69) is 45.0 Å². The monoisotopic (exact) mass is 252 g/mol. The number of hydrogen-bond acceptors (Lipinski definition) is 3. The molecule has 92 valence electrons. The van der Waals surface area contributed by atoms with Gasteiger partial charge in [0, 0.05) is 31.9 Å². The van der Waals surface area contributed by atoms with Crippen LogP contribution in [0.5, 0.6) is 0 Å². The number of rotatable bonds is 1. The lowest BCUT2D eigenvalue weighted by molar-refractivity contribution is 0.313. The second kappa shape index (κ2) is 4.94. The molecule has 17 heavy (non-hydrogen) atoms. The van der Waals surface area contributed by atoms with Crippen LogP contribution in [0, 0.1) is 0 Å². The van der Waals surface area contributed by atoms with E-state index in [0.29, 0.717) is 0 Å². The highest BCUT2D eigenvalue weighted by Crippen LogP contribution is 2.20. The minimum absolute atomic E-state index is 0. The lowest BCUT2D eigenvalue weighted by Gasteiger charge is -2.34.